The van der Waals surface area contributed by atoms with Gasteiger partial charge in [0.2, 0.25) is 0 Å². The number of ether oxygens (including phenoxy) is 2. The molecule has 4 amide bonds. The van der Waals surface area contributed by atoms with E-state index in [1.165, 1.54) is 24.1 Å². The summed E-state index contributed by atoms with van der Waals surface area (Å²) in [4.78, 5) is 51.4. The molecule has 5 rings (SSSR count). The number of amides is 4. The van der Waals surface area contributed by atoms with Crippen molar-refractivity contribution in [2.75, 3.05) is 20.8 Å². The normalized spacial score (nSPS) is 19.3. The zero-order valence-electron chi connectivity index (χ0n) is 18.1. The van der Waals surface area contributed by atoms with Crippen molar-refractivity contribution in [2.24, 2.45) is 0 Å². The van der Waals surface area contributed by atoms with Crippen molar-refractivity contribution in [3.63, 3.8) is 0 Å². The third kappa shape index (κ3) is 3.16. The number of hydrogen-bond acceptors (Lipinski definition) is 7. The van der Waals surface area contributed by atoms with Crippen LogP contribution < -0.4 is 15.4 Å². The molecule has 2 N–H and O–H groups in total. The monoisotopic (exact) mass is 467 g/mol. The van der Waals surface area contributed by atoms with Crippen molar-refractivity contribution in [1.29, 1.82) is 0 Å². The molecule has 1 saturated heterocycles. The van der Waals surface area contributed by atoms with E-state index in [9.17, 15) is 23.6 Å². The topological polar surface area (TPSA) is 127 Å². The van der Waals surface area contributed by atoms with Crippen LogP contribution in [0.3, 0.4) is 0 Å². The molecular formula is C23H18FN3O7. The van der Waals surface area contributed by atoms with Crippen molar-refractivity contribution >= 4 is 34.8 Å². The SMILES string of the molecule is COC(=O)c1cc2cc(C3(CN4Cc5ccc(OC)cc5C4=O)NC(=O)NC3=O)oc2cc1F. The van der Waals surface area contributed by atoms with Crippen LogP contribution in [-0.4, -0.2) is 49.5 Å². The number of halogens is 1. The number of nitrogens with one attached hydrogen (secondary N) is 2. The lowest BCUT2D eigenvalue weighted by molar-refractivity contribution is -0.125. The van der Waals surface area contributed by atoms with Crippen LogP contribution in [0, 0.1) is 5.82 Å². The summed E-state index contributed by atoms with van der Waals surface area (Å²) in [5.41, 5.74) is -0.863. The van der Waals surface area contributed by atoms with Gasteiger partial charge in [-0.05, 0) is 29.8 Å². The Labute approximate surface area is 191 Å². The highest BCUT2D eigenvalue weighted by Crippen LogP contribution is 2.35. The number of fused-ring (bicyclic) bond motifs is 2. The molecule has 10 nitrogen and oxygen atoms in total. The fourth-order valence-electron chi connectivity index (χ4n) is 4.27. The molecule has 1 fully saturated rings. The molecule has 1 aromatic heterocycles. The maximum absolute atomic E-state index is 14.4. The smallest absolute Gasteiger partial charge is 0.340 e. The number of imide groups is 1. The first-order chi connectivity index (χ1) is 16.3. The molecule has 0 aliphatic carbocycles. The van der Waals surface area contributed by atoms with Gasteiger partial charge in [-0.15, -0.1) is 0 Å². The van der Waals surface area contributed by atoms with Crippen LogP contribution in [0.2, 0.25) is 0 Å². The van der Waals surface area contributed by atoms with E-state index in [0.29, 0.717) is 16.7 Å². The van der Waals surface area contributed by atoms with Gasteiger partial charge in [-0.25, -0.2) is 14.0 Å². The van der Waals surface area contributed by atoms with Crippen LogP contribution in [0.15, 0.2) is 40.8 Å². The number of furan rings is 1. The number of carbonyl (C=O) groups is 4. The Kier molecular flexibility index (Phi) is 4.78. The Balaban J connectivity index is 1.56. The van der Waals surface area contributed by atoms with Gasteiger partial charge in [-0.1, -0.05) is 6.07 Å². The van der Waals surface area contributed by atoms with E-state index in [-0.39, 0.29) is 35.9 Å². The molecule has 2 aromatic carbocycles. The first kappa shape index (κ1) is 21.4. The van der Waals surface area contributed by atoms with Crippen molar-refractivity contribution in [2.45, 2.75) is 12.1 Å². The number of urea groups is 1. The minimum absolute atomic E-state index is 0.0198. The Morgan fingerprint density at radius 1 is 1.18 bits per heavy atom. The first-order valence-corrected chi connectivity index (χ1v) is 10.2. The zero-order chi connectivity index (χ0) is 24.2. The number of rotatable bonds is 5. The second-order valence-electron chi connectivity index (χ2n) is 7.97. The average molecular weight is 467 g/mol. The van der Waals surface area contributed by atoms with Crippen LogP contribution in [-0.2, 0) is 21.6 Å². The van der Waals surface area contributed by atoms with E-state index in [2.05, 4.69) is 15.4 Å². The van der Waals surface area contributed by atoms with Crippen molar-refractivity contribution in [1.82, 2.24) is 15.5 Å². The molecule has 11 heteroatoms. The number of nitrogens with zero attached hydrogens (tertiary/aromatic N) is 1. The highest BCUT2D eigenvalue weighted by molar-refractivity contribution is 6.08. The van der Waals surface area contributed by atoms with Gasteiger partial charge in [0.05, 0.1) is 26.3 Å². The standard InChI is InChI=1S/C23H18FN3O7/c1-32-13-4-3-11-9-27(19(28)14(11)7-13)10-23(21(30)25-22(31)26-23)18-6-12-5-15(20(29)33-2)16(24)8-17(12)34-18/h3-8H,9-10H2,1-2H3,(H2,25,26,30,31). The van der Waals surface area contributed by atoms with Crippen LogP contribution in [0.1, 0.15) is 32.0 Å². The zero-order valence-corrected chi connectivity index (χ0v) is 18.1. The predicted octanol–water partition coefficient (Wildman–Crippen LogP) is 2.06. The second kappa shape index (κ2) is 7.58. The summed E-state index contributed by atoms with van der Waals surface area (Å²) in [5, 5.41) is 5.04. The largest absolute Gasteiger partial charge is 0.497 e. The molecule has 2 aliphatic heterocycles. The van der Waals surface area contributed by atoms with E-state index < -0.39 is 29.3 Å². The minimum atomic E-state index is -1.76. The Morgan fingerprint density at radius 2 is 1.97 bits per heavy atom. The van der Waals surface area contributed by atoms with Crippen LogP contribution in [0.4, 0.5) is 9.18 Å². The van der Waals surface area contributed by atoms with Gasteiger partial charge < -0.3 is 24.1 Å². The highest BCUT2D eigenvalue weighted by atomic mass is 19.1. The Bertz CT molecular complexity index is 1400. The lowest BCUT2D eigenvalue weighted by Gasteiger charge is -2.29. The summed E-state index contributed by atoms with van der Waals surface area (Å²) in [6, 6.07) is 7.97. The van der Waals surface area contributed by atoms with Crippen molar-refractivity contribution in [3.05, 3.63) is 64.7 Å². The fourth-order valence-corrected chi connectivity index (χ4v) is 4.27. The summed E-state index contributed by atoms with van der Waals surface area (Å²) in [6.45, 7) is -0.0447. The van der Waals surface area contributed by atoms with Crippen LogP contribution in [0.5, 0.6) is 5.75 Å². The van der Waals surface area contributed by atoms with Crippen LogP contribution in [0.25, 0.3) is 11.0 Å². The van der Waals surface area contributed by atoms with Crippen molar-refractivity contribution in [3.8, 4) is 5.75 Å². The molecule has 3 aromatic rings. The van der Waals surface area contributed by atoms with Gasteiger partial charge in [0, 0.05) is 23.6 Å². The third-order valence-electron chi connectivity index (χ3n) is 6.00. The number of esters is 1. The molecular weight excluding hydrogens is 449 g/mol. The van der Waals surface area contributed by atoms with E-state index in [4.69, 9.17) is 9.15 Å². The molecule has 0 spiro atoms. The number of methoxy groups -OCH3 is 2. The lowest BCUT2D eigenvalue weighted by Crippen LogP contribution is -2.52. The quantitative estimate of drug-likeness (QED) is 0.434. The summed E-state index contributed by atoms with van der Waals surface area (Å²) in [7, 11) is 2.61. The molecule has 34 heavy (non-hydrogen) atoms. The third-order valence-corrected chi connectivity index (χ3v) is 6.00. The number of hydrogen-bond donors (Lipinski definition) is 2. The van der Waals surface area contributed by atoms with Gasteiger partial charge in [0.1, 0.15) is 22.9 Å². The maximum atomic E-state index is 14.4. The number of carbonyl (C=O) groups excluding carboxylic acids is 4. The summed E-state index contributed by atoms with van der Waals surface area (Å²) in [5.74, 6) is -2.33. The molecule has 174 valence electrons. The van der Waals surface area contributed by atoms with Crippen molar-refractivity contribution < 1.29 is 37.5 Å². The summed E-state index contributed by atoms with van der Waals surface area (Å²) >= 11 is 0. The van der Waals surface area contributed by atoms with Gasteiger partial charge >= 0.3 is 12.0 Å². The highest BCUT2D eigenvalue weighted by Gasteiger charge is 2.53. The molecule has 1 atom stereocenters. The second-order valence-corrected chi connectivity index (χ2v) is 7.97. The van der Waals surface area contributed by atoms with Crippen LogP contribution >= 0.6 is 0 Å². The van der Waals surface area contributed by atoms with Gasteiger partial charge in [-0.2, -0.15) is 0 Å². The molecule has 3 heterocycles. The summed E-state index contributed by atoms with van der Waals surface area (Å²) < 4.78 is 29.9. The predicted molar refractivity (Wildman–Crippen MR) is 114 cm³/mol. The Morgan fingerprint density at radius 3 is 2.65 bits per heavy atom. The average Bonchev–Trinajstić information content (AvgIpc) is 3.46. The molecule has 0 saturated carbocycles. The Hall–Kier alpha value is -4.41. The van der Waals surface area contributed by atoms with Gasteiger partial charge in [0.15, 0.2) is 5.54 Å². The minimum Gasteiger partial charge on any atom is -0.497 e. The molecule has 0 radical (unpaired) electrons. The molecule has 1 unspecified atom stereocenters. The van der Waals surface area contributed by atoms with E-state index in [0.717, 1.165) is 18.7 Å². The van der Waals surface area contributed by atoms with E-state index in [1.54, 1.807) is 18.2 Å². The molecule has 2 aliphatic rings. The molecule has 0 bridgehead atoms. The van der Waals surface area contributed by atoms with Gasteiger partial charge in [0.25, 0.3) is 11.8 Å². The lowest BCUT2D eigenvalue weighted by atomic mass is 9.95. The maximum Gasteiger partial charge on any atom is 0.340 e. The van der Waals surface area contributed by atoms with E-state index in [1.807, 2.05) is 0 Å². The van der Waals surface area contributed by atoms with Gasteiger partial charge in [-0.3, -0.25) is 14.9 Å². The van der Waals surface area contributed by atoms with E-state index >= 15 is 0 Å². The summed E-state index contributed by atoms with van der Waals surface area (Å²) in [6.07, 6.45) is 0. The number of benzene rings is 2. The first-order valence-electron chi connectivity index (χ1n) is 10.2. The fraction of sp³-hybridized carbons (Fsp3) is 0.217.